The van der Waals surface area contributed by atoms with Crippen molar-refractivity contribution in [3.05, 3.63) is 95.7 Å². The van der Waals surface area contributed by atoms with Crippen molar-refractivity contribution in [2.45, 2.75) is 31.7 Å². The molecule has 2 nitrogen and oxygen atoms in total. The maximum absolute atomic E-state index is 8.81. The van der Waals surface area contributed by atoms with Crippen molar-refractivity contribution in [2.24, 2.45) is 0 Å². The van der Waals surface area contributed by atoms with Crippen molar-refractivity contribution in [1.29, 1.82) is 5.26 Å². The average Bonchev–Trinajstić information content (AvgIpc) is 2.67. The van der Waals surface area contributed by atoms with E-state index < -0.39 is 0 Å². The van der Waals surface area contributed by atoms with Gasteiger partial charge in [0.05, 0.1) is 6.07 Å². The summed E-state index contributed by atoms with van der Waals surface area (Å²) in [6, 6.07) is 23.6. The minimum atomic E-state index is -0.298. The Morgan fingerprint density at radius 1 is 0.920 bits per heavy atom. The summed E-state index contributed by atoms with van der Waals surface area (Å²) in [5, 5.41) is 8.81. The van der Waals surface area contributed by atoms with E-state index in [1.54, 1.807) is 0 Å². The van der Waals surface area contributed by atoms with Crippen molar-refractivity contribution >= 4 is 0 Å². The lowest BCUT2D eigenvalue weighted by atomic mass is 9.78. The molecule has 126 valence electrons. The molecule has 0 N–H and O–H groups in total. The van der Waals surface area contributed by atoms with Gasteiger partial charge in [-0.3, -0.25) is 0 Å². The third kappa shape index (κ3) is 3.51. The molecule has 2 aromatic rings. The van der Waals surface area contributed by atoms with Gasteiger partial charge in [0.1, 0.15) is 5.54 Å². The van der Waals surface area contributed by atoms with Crippen LogP contribution in [0.15, 0.2) is 84.6 Å². The molecule has 0 bridgehead atoms. The van der Waals surface area contributed by atoms with Crippen LogP contribution in [0.5, 0.6) is 0 Å². The molecule has 0 amide bonds. The highest BCUT2D eigenvalue weighted by molar-refractivity contribution is 5.48. The van der Waals surface area contributed by atoms with Crippen LogP contribution >= 0.6 is 0 Å². The number of hydrogen-bond donors (Lipinski definition) is 0. The van der Waals surface area contributed by atoms with Crippen LogP contribution in [0.4, 0.5) is 0 Å². The lowest BCUT2D eigenvalue weighted by Gasteiger charge is -2.45. The molecular formula is C23H24N2. The molecule has 1 aliphatic heterocycles. The first-order chi connectivity index (χ1) is 12.3. The average molecular weight is 328 g/mol. The molecular weight excluding hydrogens is 304 g/mol. The van der Waals surface area contributed by atoms with Crippen LogP contribution in [-0.2, 0) is 5.54 Å². The van der Waals surface area contributed by atoms with Gasteiger partial charge in [-0.2, -0.15) is 5.26 Å². The van der Waals surface area contributed by atoms with Gasteiger partial charge in [0.2, 0.25) is 0 Å². The summed E-state index contributed by atoms with van der Waals surface area (Å²) in [6.07, 6.45) is 9.31. The van der Waals surface area contributed by atoms with Gasteiger partial charge in [-0.25, -0.2) is 0 Å². The Bertz CT molecular complexity index is 742. The van der Waals surface area contributed by atoms with Crippen LogP contribution < -0.4 is 0 Å². The first kappa shape index (κ1) is 17.0. The lowest BCUT2D eigenvalue weighted by Crippen LogP contribution is -2.44. The van der Waals surface area contributed by atoms with Crippen molar-refractivity contribution in [2.75, 3.05) is 6.54 Å². The number of nitriles is 1. The standard InChI is InChI=1S/C23H24N2/c1-20-15-18-25(17-10-4-9-16-24)23(19-20,21-11-5-2-6-12-21)22-13-7-3-8-14-22/h2-3,5-8,11-15,18-19H,4,9-10,17H2,1H3. The molecule has 3 rings (SSSR count). The minimum absolute atomic E-state index is 0.298. The van der Waals surface area contributed by atoms with Crippen LogP contribution in [0.25, 0.3) is 0 Å². The maximum Gasteiger partial charge on any atom is 0.109 e. The molecule has 0 fully saturated rings. The normalized spacial score (nSPS) is 15.5. The highest BCUT2D eigenvalue weighted by atomic mass is 15.2. The summed E-state index contributed by atoms with van der Waals surface area (Å²) in [7, 11) is 0. The van der Waals surface area contributed by atoms with Gasteiger partial charge in [-0.15, -0.1) is 0 Å². The zero-order valence-corrected chi connectivity index (χ0v) is 14.7. The van der Waals surface area contributed by atoms with E-state index in [4.69, 9.17) is 5.26 Å². The zero-order chi connectivity index (χ0) is 17.5. The van der Waals surface area contributed by atoms with E-state index in [-0.39, 0.29) is 5.54 Å². The summed E-state index contributed by atoms with van der Waals surface area (Å²) >= 11 is 0. The van der Waals surface area contributed by atoms with E-state index in [0.717, 1.165) is 19.4 Å². The Labute approximate surface area is 150 Å². The summed E-state index contributed by atoms with van der Waals surface area (Å²) in [6.45, 7) is 3.08. The third-order valence-corrected chi connectivity index (χ3v) is 4.77. The lowest BCUT2D eigenvalue weighted by molar-refractivity contribution is 0.231. The molecule has 0 atom stereocenters. The molecule has 2 heteroatoms. The van der Waals surface area contributed by atoms with Gasteiger partial charge in [-0.1, -0.05) is 66.2 Å². The number of rotatable bonds is 6. The van der Waals surface area contributed by atoms with Gasteiger partial charge in [0.15, 0.2) is 0 Å². The van der Waals surface area contributed by atoms with Crippen molar-refractivity contribution in [3.8, 4) is 6.07 Å². The van der Waals surface area contributed by atoms with Crippen LogP contribution in [0.2, 0.25) is 0 Å². The van der Waals surface area contributed by atoms with E-state index in [0.29, 0.717) is 6.42 Å². The van der Waals surface area contributed by atoms with E-state index in [2.05, 4.69) is 96.9 Å². The second kappa shape index (κ2) is 7.85. The highest BCUT2D eigenvalue weighted by Crippen LogP contribution is 2.41. The minimum Gasteiger partial charge on any atom is -0.360 e. The number of hydrogen-bond acceptors (Lipinski definition) is 2. The van der Waals surface area contributed by atoms with E-state index in [9.17, 15) is 0 Å². The van der Waals surface area contributed by atoms with Crippen molar-refractivity contribution < 1.29 is 0 Å². The largest absolute Gasteiger partial charge is 0.360 e. The summed E-state index contributed by atoms with van der Waals surface area (Å²) < 4.78 is 0. The predicted octanol–water partition coefficient (Wildman–Crippen LogP) is 5.40. The van der Waals surface area contributed by atoms with E-state index >= 15 is 0 Å². The van der Waals surface area contributed by atoms with Crippen LogP contribution in [-0.4, -0.2) is 11.4 Å². The molecule has 0 unspecified atom stereocenters. The van der Waals surface area contributed by atoms with Gasteiger partial charge in [0.25, 0.3) is 0 Å². The first-order valence-electron chi connectivity index (χ1n) is 8.90. The second-order valence-electron chi connectivity index (χ2n) is 6.51. The van der Waals surface area contributed by atoms with Crippen molar-refractivity contribution in [1.82, 2.24) is 4.90 Å². The Hall–Kier alpha value is -2.79. The number of nitrogens with zero attached hydrogens (tertiary/aromatic N) is 2. The van der Waals surface area contributed by atoms with Crippen molar-refractivity contribution in [3.63, 3.8) is 0 Å². The number of allylic oxidation sites excluding steroid dienone is 2. The molecule has 0 saturated heterocycles. The SMILES string of the molecule is CC1=CC(c2ccccc2)(c2ccccc2)N(CCCCC#N)C=C1. The second-order valence-corrected chi connectivity index (χ2v) is 6.51. The predicted molar refractivity (Wildman–Crippen MR) is 103 cm³/mol. The molecule has 1 aliphatic rings. The first-order valence-corrected chi connectivity index (χ1v) is 8.90. The fourth-order valence-corrected chi connectivity index (χ4v) is 3.57. The Kier molecular flexibility index (Phi) is 5.36. The molecule has 0 saturated carbocycles. The fourth-order valence-electron chi connectivity index (χ4n) is 3.57. The Morgan fingerprint density at radius 3 is 2.08 bits per heavy atom. The number of benzene rings is 2. The molecule has 0 spiro atoms. The zero-order valence-electron chi connectivity index (χ0n) is 14.7. The third-order valence-electron chi connectivity index (χ3n) is 4.77. The summed E-state index contributed by atoms with van der Waals surface area (Å²) in [5.41, 5.74) is 3.50. The smallest absolute Gasteiger partial charge is 0.109 e. The van der Waals surface area contributed by atoms with Gasteiger partial charge >= 0.3 is 0 Å². The molecule has 0 radical (unpaired) electrons. The quantitative estimate of drug-likeness (QED) is 0.664. The fraction of sp³-hybridized carbons (Fsp3) is 0.261. The Balaban J connectivity index is 2.07. The van der Waals surface area contributed by atoms with Crippen LogP contribution in [0, 0.1) is 11.3 Å². The van der Waals surface area contributed by atoms with Gasteiger partial charge < -0.3 is 4.90 Å². The molecule has 0 aliphatic carbocycles. The monoisotopic (exact) mass is 328 g/mol. The summed E-state index contributed by atoms with van der Waals surface area (Å²) in [4.78, 5) is 2.42. The van der Waals surface area contributed by atoms with Crippen LogP contribution in [0.3, 0.4) is 0 Å². The number of unbranched alkanes of at least 4 members (excludes halogenated alkanes) is 2. The highest BCUT2D eigenvalue weighted by Gasteiger charge is 2.38. The van der Waals surface area contributed by atoms with Gasteiger partial charge in [0, 0.05) is 19.2 Å². The van der Waals surface area contributed by atoms with Crippen LogP contribution in [0.1, 0.15) is 37.3 Å². The maximum atomic E-state index is 8.81. The molecule has 1 heterocycles. The molecule has 2 aromatic carbocycles. The van der Waals surface area contributed by atoms with E-state index in [1.807, 2.05) is 0 Å². The molecule has 25 heavy (non-hydrogen) atoms. The topological polar surface area (TPSA) is 27.0 Å². The Morgan fingerprint density at radius 2 is 1.52 bits per heavy atom. The van der Waals surface area contributed by atoms with E-state index in [1.165, 1.54) is 16.7 Å². The van der Waals surface area contributed by atoms with Gasteiger partial charge in [-0.05, 0) is 43.0 Å². The summed E-state index contributed by atoms with van der Waals surface area (Å²) in [5.74, 6) is 0. The molecule has 0 aromatic heterocycles.